The number of aryl methyl sites for hydroxylation is 1. The van der Waals surface area contributed by atoms with Crippen LogP contribution in [0.25, 0.3) is 0 Å². The number of aromatic nitrogens is 2. The predicted octanol–water partition coefficient (Wildman–Crippen LogP) is 1.68. The number of nitrogens with zero attached hydrogens (tertiary/aromatic N) is 2. The van der Waals surface area contributed by atoms with Gasteiger partial charge in [-0.15, -0.1) is 0 Å². The van der Waals surface area contributed by atoms with Crippen molar-refractivity contribution in [1.29, 1.82) is 0 Å². The third-order valence-electron chi connectivity index (χ3n) is 4.33. The van der Waals surface area contributed by atoms with Crippen LogP contribution in [-0.2, 0) is 6.42 Å². The van der Waals surface area contributed by atoms with Crippen LogP contribution in [0.3, 0.4) is 0 Å². The molecule has 20 heavy (non-hydrogen) atoms. The van der Waals surface area contributed by atoms with Gasteiger partial charge in [-0.25, -0.2) is 4.98 Å². The van der Waals surface area contributed by atoms with E-state index in [0.29, 0.717) is 11.6 Å². The maximum atomic E-state index is 12.0. The quantitative estimate of drug-likeness (QED) is 0.883. The zero-order chi connectivity index (χ0) is 13.9. The lowest BCUT2D eigenvalue weighted by Crippen LogP contribution is -2.35. The Balaban J connectivity index is 1.77. The zero-order valence-corrected chi connectivity index (χ0v) is 12.2. The van der Waals surface area contributed by atoms with Crippen LogP contribution in [0.4, 0.5) is 0 Å². The molecule has 5 nitrogen and oxygen atoms in total. The number of likely N-dealkylation sites (tertiary alicyclic amines) is 1. The minimum Gasteiger partial charge on any atom is -0.351 e. The molecule has 1 saturated heterocycles. The van der Waals surface area contributed by atoms with Crippen molar-refractivity contribution < 1.29 is 4.79 Å². The number of hydrogen-bond donors (Lipinski definition) is 2. The first-order valence-corrected chi connectivity index (χ1v) is 7.87. The molecule has 0 radical (unpaired) electrons. The maximum Gasteiger partial charge on any atom is 0.271 e. The van der Waals surface area contributed by atoms with Crippen molar-refractivity contribution in [1.82, 2.24) is 20.2 Å². The average molecular weight is 276 g/mol. The molecule has 2 aliphatic rings. The van der Waals surface area contributed by atoms with Gasteiger partial charge in [0.1, 0.15) is 11.5 Å². The Kier molecular flexibility index (Phi) is 4.05. The molecule has 1 aromatic rings. The topological polar surface area (TPSA) is 61.0 Å². The van der Waals surface area contributed by atoms with Crippen molar-refractivity contribution in [3.05, 3.63) is 17.2 Å². The second-order valence-corrected chi connectivity index (χ2v) is 5.95. The van der Waals surface area contributed by atoms with Gasteiger partial charge in [-0.05, 0) is 45.2 Å². The van der Waals surface area contributed by atoms with Gasteiger partial charge >= 0.3 is 0 Å². The Labute approximate surface area is 120 Å². The van der Waals surface area contributed by atoms with Crippen molar-refractivity contribution in [2.24, 2.45) is 0 Å². The molecule has 3 rings (SSSR count). The lowest BCUT2D eigenvalue weighted by Gasteiger charge is -2.31. The molecule has 1 aromatic heterocycles. The van der Waals surface area contributed by atoms with Crippen LogP contribution in [-0.4, -0.2) is 47.0 Å². The molecule has 0 aliphatic carbocycles. The number of aromatic amines is 1. The van der Waals surface area contributed by atoms with E-state index in [-0.39, 0.29) is 5.91 Å². The van der Waals surface area contributed by atoms with Crippen LogP contribution in [0.15, 0.2) is 0 Å². The number of H-pyrrole nitrogens is 1. The summed E-state index contributed by atoms with van der Waals surface area (Å²) in [4.78, 5) is 22.5. The van der Waals surface area contributed by atoms with E-state index < -0.39 is 0 Å². The van der Waals surface area contributed by atoms with Crippen LogP contribution in [0.2, 0.25) is 0 Å². The van der Waals surface area contributed by atoms with Gasteiger partial charge in [0, 0.05) is 24.7 Å². The number of piperidine rings is 1. The lowest BCUT2D eigenvalue weighted by molar-refractivity contribution is 0.0951. The van der Waals surface area contributed by atoms with E-state index in [9.17, 15) is 4.79 Å². The first-order valence-electron chi connectivity index (χ1n) is 7.87. The molecule has 2 aliphatic heterocycles. The third-order valence-corrected chi connectivity index (χ3v) is 4.33. The minimum absolute atomic E-state index is 0.0128. The fraction of sp³-hybridized carbons (Fsp3) is 0.733. The predicted molar refractivity (Wildman–Crippen MR) is 77.9 cm³/mol. The molecule has 1 atom stereocenters. The summed E-state index contributed by atoms with van der Waals surface area (Å²) < 4.78 is 0. The summed E-state index contributed by atoms with van der Waals surface area (Å²) in [6.07, 6.45) is 5.51. The normalized spacial score (nSPS) is 24.1. The molecule has 0 bridgehead atoms. The maximum absolute atomic E-state index is 12.0. The van der Waals surface area contributed by atoms with Crippen molar-refractivity contribution >= 4 is 5.91 Å². The van der Waals surface area contributed by atoms with E-state index in [1.54, 1.807) is 0 Å². The molecule has 1 fully saturated rings. The van der Waals surface area contributed by atoms with E-state index in [1.165, 1.54) is 25.8 Å². The van der Waals surface area contributed by atoms with Gasteiger partial charge in [-0.1, -0.05) is 6.92 Å². The van der Waals surface area contributed by atoms with Crippen LogP contribution in [0.1, 0.15) is 60.5 Å². The third kappa shape index (κ3) is 2.73. The first kappa shape index (κ1) is 13.6. The Bertz CT molecular complexity index is 480. The van der Waals surface area contributed by atoms with Crippen molar-refractivity contribution in [2.45, 2.75) is 44.9 Å². The molecule has 0 aromatic carbocycles. The molecule has 110 valence electrons. The summed E-state index contributed by atoms with van der Waals surface area (Å²) >= 11 is 0. The summed E-state index contributed by atoms with van der Waals surface area (Å²) in [5.41, 5.74) is 1.66. The molecule has 1 amide bonds. The molecule has 3 heterocycles. The minimum atomic E-state index is -0.0128. The van der Waals surface area contributed by atoms with Crippen LogP contribution in [0, 0.1) is 0 Å². The molecule has 0 saturated carbocycles. The highest BCUT2D eigenvalue weighted by atomic mass is 16.1. The lowest BCUT2D eigenvalue weighted by atomic mass is 9.97. The number of nitrogens with one attached hydrogen (secondary N) is 2. The average Bonchev–Trinajstić information content (AvgIpc) is 2.81. The smallest absolute Gasteiger partial charge is 0.271 e. The van der Waals surface area contributed by atoms with E-state index in [2.05, 4.69) is 27.1 Å². The number of hydrogen-bond acceptors (Lipinski definition) is 3. The van der Waals surface area contributed by atoms with Gasteiger partial charge < -0.3 is 15.2 Å². The second-order valence-electron chi connectivity index (χ2n) is 5.95. The zero-order valence-electron chi connectivity index (χ0n) is 12.2. The number of carbonyl (C=O) groups excluding carboxylic acids is 1. The van der Waals surface area contributed by atoms with E-state index in [1.807, 2.05) is 0 Å². The van der Waals surface area contributed by atoms with Crippen LogP contribution < -0.4 is 5.32 Å². The SMILES string of the molecule is CCCN1CCC[C@H](c2nc3c([nH]2)CCCNC3=O)C1. The molecule has 0 unspecified atom stereocenters. The summed E-state index contributed by atoms with van der Waals surface area (Å²) in [5.74, 6) is 1.46. The highest BCUT2D eigenvalue weighted by Crippen LogP contribution is 2.26. The number of rotatable bonds is 3. The van der Waals surface area contributed by atoms with E-state index in [0.717, 1.165) is 44.0 Å². The van der Waals surface area contributed by atoms with Gasteiger partial charge in [0.25, 0.3) is 5.91 Å². The Hall–Kier alpha value is -1.36. The fourth-order valence-electron chi connectivity index (χ4n) is 3.34. The highest BCUT2D eigenvalue weighted by molar-refractivity contribution is 5.93. The van der Waals surface area contributed by atoms with E-state index in [4.69, 9.17) is 0 Å². The number of imidazole rings is 1. The molecule has 5 heteroatoms. The van der Waals surface area contributed by atoms with Gasteiger partial charge in [-0.3, -0.25) is 4.79 Å². The largest absolute Gasteiger partial charge is 0.351 e. The fourth-order valence-corrected chi connectivity index (χ4v) is 3.34. The summed E-state index contributed by atoms with van der Waals surface area (Å²) in [7, 11) is 0. The van der Waals surface area contributed by atoms with Gasteiger partial charge in [0.05, 0.1) is 0 Å². The molecule has 0 spiro atoms. The standard InChI is InChI=1S/C15H24N4O/c1-2-8-19-9-4-5-11(10-19)14-17-12-6-3-7-16-15(20)13(12)18-14/h11H,2-10H2,1H3,(H,16,20)(H,17,18)/t11-/m0/s1. The molecular formula is C15H24N4O. The first-order chi connectivity index (χ1) is 9.78. The van der Waals surface area contributed by atoms with Crippen molar-refractivity contribution in [3.63, 3.8) is 0 Å². The Morgan fingerprint density at radius 1 is 1.40 bits per heavy atom. The number of carbonyl (C=O) groups is 1. The second kappa shape index (κ2) is 5.95. The Morgan fingerprint density at radius 2 is 2.30 bits per heavy atom. The van der Waals surface area contributed by atoms with Crippen LogP contribution >= 0.6 is 0 Å². The summed E-state index contributed by atoms with van der Waals surface area (Å²) in [6.45, 7) is 6.42. The highest BCUT2D eigenvalue weighted by Gasteiger charge is 2.27. The van der Waals surface area contributed by atoms with E-state index >= 15 is 0 Å². The van der Waals surface area contributed by atoms with Crippen LogP contribution in [0.5, 0.6) is 0 Å². The van der Waals surface area contributed by atoms with Gasteiger partial charge in [-0.2, -0.15) is 0 Å². The summed E-state index contributed by atoms with van der Waals surface area (Å²) in [5, 5.41) is 2.91. The van der Waals surface area contributed by atoms with Gasteiger partial charge in [0.15, 0.2) is 0 Å². The monoisotopic (exact) mass is 276 g/mol. The van der Waals surface area contributed by atoms with Gasteiger partial charge in [0.2, 0.25) is 0 Å². The molecular weight excluding hydrogens is 252 g/mol. The number of fused-ring (bicyclic) bond motifs is 1. The summed E-state index contributed by atoms with van der Waals surface area (Å²) in [6, 6.07) is 0. The Morgan fingerprint density at radius 3 is 3.15 bits per heavy atom. The molecule has 2 N–H and O–H groups in total. The van der Waals surface area contributed by atoms with Crippen molar-refractivity contribution in [3.8, 4) is 0 Å². The van der Waals surface area contributed by atoms with Crippen molar-refractivity contribution in [2.75, 3.05) is 26.2 Å². The number of amides is 1.